The zero-order valence-electron chi connectivity index (χ0n) is 14.1. The molecule has 3 fully saturated rings. The fourth-order valence-electron chi connectivity index (χ4n) is 3.51. The number of rotatable bonds is 5. The highest BCUT2D eigenvalue weighted by Crippen LogP contribution is 2.37. The van der Waals surface area contributed by atoms with Crippen LogP contribution in [0.15, 0.2) is 4.52 Å². The van der Waals surface area contributed by atoms with Gasteiger partial charge in [-0.15, -0.1) is 0 Å². The molecular weight excluding hydrogens is 348 g/mol. The monoisotopic (exact) mass is 370 g/mol. The Morgan fingerprint density at radius 2 is 2.08 bits per heavy atom. The van der Waals surface area contributed by atoms with Crippen LogP contribution in [0, 0.1) is 0 Å². The molecule has 1 aromatic rings. The predicted molar refractivity (Wildman–Crippen MR) is 86.2 cm³/mol. The molecule has 0 radical (unpaired) electrons. The molecule has 1 N–H and O–H groups in total. The molecule has 9 nitrogen and oxygen atoms in total. The van der Waals surface area contributed by atoms with E-state index in [0.717, 1.165) is 19.3 Å². The first-order chi connectivity index (χ1) is 12.0. The molecule has 3 atom stereocenters. The molecule has 10 heteroatoms. The first-order valence-electron chi connectivity index (χ1n) is 8.73. The molecule has 3 heterocycles. The zero-order valence-corrected chi connectivity index (χ0v) is 14.9. The van der Waals surface area contributed by atoms with Crippen LogP contribution in [0.2, 0.25) is 0 Å². The van der Waals surface area contributed by atoms with Gasteiger partial charge in [0, 0.05) is 19.2 Å². The maximum atomic E-state index is 13.0. The van der Waals surface area contributed by atoms with E-state index in [0.29, 0.717) is 26.0 Å². The van der Waals surface area contributed by atoms with Gasteiger partial charge in [-0.05, 0) is 39.0 Å². The minimum absolute atomic E-state index is 0.0382. The van der Waals surface area contributed by atoms with Crippen LogP contribution in [0.3, 0.4) is 0 Å². The van der Waals surface area contributed by atoms with Gasteiger partial charge in [-0.2, -0.15) is 9.29 Å². The van der Waals surface area contributed by atoms with Crippen LogP contribution in [0.5, 0.6) is 0 Å². The number of hydrogen-bond acceptors (Lipinski definition) is 7. The van der Waals surface area contributed by atoms with Gasteiger partial charge in [0.25, 0.3) is 11.7 Å². The molecule has 0 spiro atoms. The molecule has 2 aliphatic heterocycles. The molecule has 3 aliphatic rings. The molecule has 138 valence electrons. The van der Waals surface area contributed by atoms with E-state index in [2.05, 4.69) is 15.5 Å². The molecule has 3 unspecified atom stereocenters. The lowest BCUT2D eigenvalue weighted by atomic mass is 10.2. The van der Waals surface area contributed by atoms with E-state index in [4.69, 9.17) is 9.26 Å². The fourth-order valence-corrected chi connectivity index (χ4v) is 5.75. The third-order valence-corrected chi connectivity index (χ3v) is 7.54. The van der Waals surface area contributed by atoms with Gasteiger partial charge in [0.15, 0.2) is 0 Å². The minimum Gasteiger partial charge on any atom is -0.377 e. The lowest BCUT2D eigenvalue weighted by Gasteiger charge is -2.26. The average molecular weight is 370 g/mol. The van der Waals surface area contributed by atoms with Crippen LogP contribution in [0.4, 0.5) is 0 Å². The van der Waals surface area contributed by atoms with E-state index in [1.54, 1.807) is 6.92 Å². The molecule has 2 saturated heterocycles. The number of carbonyl (C=O) groups is 1. The number of nitrogens with zero attached hydrogens (tertiary/aromatic N) is 3. The van der Waals surface area contributed by atoms with Crippen LogP contribution >= 0.6 is 0 Å². The van der Waals surface area contributed by atoms with Gasteiger partial charge < -0.3 is 14.6 Å². The van der Waals surface area contributed by atoms with Gasteiger partial charge >= 0.3 is 0 Å². The van der Waals surface area contributed by atoms with E-state index in [9.17, 15) is 13.2 Å². The molecule has 1 aromatic heterocycles. The summed E-state index contributed by atoms with van der Waals surface area (Å²) in [6.45, 7) is 2.66. The average Bonchev–Trinajstić information content (AvgIpc) is 3.02. The summed E-state index contributed by atoms with van der Waals surface area (Å²) >= 11 is 0. The third kappa shape index (κ3) is 3.18. The predicted octanol–water partition coefficient (Wildman–Crippen LogP) is 0.606. The number of nitrogens with one attached hydrogen (secondary N) is 1. The van der Waals surface area contributed by atoms with Crippen molar-refractivity contribution >= 4 is 15.9 Å². The Balaban J connectivity index is 1.53. The number of sulfonamides is 1. The van der Waals surface area contributed by atoms with Crippen molar-refractivity contribution in [1.29, 1.82) is 0 Å². The molecular formula is C15H22N4O5S. The molecule has 4 rings (SSSR count). The number of aromatic nitrogens is 2. The van der Waals surface area contributed by atoms with Crippen molar-refractivity contribution < 1.29 is 22.5 Å². The van der Waals surface area contributed by atoms with Gasteiger partial charge in [-0.1, -0.05) is 5.16 Å². The number of carbonyl (C=O) groups excluding carboxylic acids is 1. The van der Waals surface area contributed by atoms with E-state index in [1.165, 1.54) is 4.31 Å². The van der Waals surface area contributed by atoms with E-state index < -0.39 is 21.3 Å². The first kappa shape index (κ1) is 16.9. The molecule has 25 heavy (non-hydrogen) atoms. The van der Waals surface area contributed by atoms with Gasteiger partial charge in [0.1, 0.15) is 11.3 Å². The highest BCUT2D eigenvalue weighted by Gasteiger charge is 2.46. The van der Waals surface area contributed by atoms with Crippen molar-refractivity contribution in [1.82, 2.24) is 19.8 Å². The topological polar surface area (TPSA) is 115 Å². The van der Waals surface area contributed by atoms with Crippen LogP contribution in [0.25, 0.3) is 0 Å². The van der Waals surface area contributed by atoms with Crippen LogP contribution < -0.4 is 5.32 Å². The Kier molecular flexibility index (Phi) is 4.28. The van der Waals surface area contributed by atoms with Gasteiger partial charge in [0.2, 0.25) is 15.9 Å². The second kappa shape index (κ2) is 6.33. The Hall–Kier alpha value is -1.52. The number of hydrogen-bond donors (Lipinski definition) is 1. The summed E-state index contributed by atoms with van der Waals surface area (Å²) in [5.74, 6) is -0.222. The van der Waals surface area contributed by atoms with E-state index in [-0.39, 0.29) is 29.8 Å². The summed E-state index contributed by atoms with van der Waals surface area (Å²) in [6.07, 6.45) is 3.42. The Morgan fingerprint density at radius 3 is 2.76 bits per heavy atom. The minimum atomic E-state index is -3.52. The van der Waals surface area contributed by atoms with E-state index >= 15 is 0 Å². The SMILES string of the molecule is CC1OCCC1S(=O)(=O)N1CCCC1c1nc(C(=O)NC2CC2)no1. The highest BCUT2D eigenvalue weighted by atomic mass is 32.2. The smallest absolute Gasteiger partial charge is 0.292 e. The van der Waals surface area contributed by atoms with Crippen molar-refractivity contribution in [3.63, 3.8) is 0 Å². The maximum Gasteiger partial charge on any atom is 0.292 e. The van der Waals surface area contributed by atoms with Crippen LogP contribution in [-0.4, -0.2) is 59.3 Å². The molecule has 1 amide bonds. The lowest BCUT2D eigenvalue weighted by Crippen LogP contribution is -2.41. The summed E-state index contributed by atoms with van der Waals surface area (Å²) in [5.41, 5.74) is 0. The Morgan fingerprint density at radius 1 is 1.28 bits per heavy atom. The molecule has 0 bridgehead atoms. The summed E-state index contributed by atoms with van der Waals surface area (Å²) in [6, 6.07) is -0.311. The fraction of sp³-hybridized carbons (Fsp3) is 0.800. The Labute approximate surface area is 146 Å². The van der Waals surface area contributed by atoms with Crippen LogP contribution in [0.1, 0.15) is 61.6 Å². The van der Waals surface area contributed by atoms with E-state index in [1.807, 2.05) is 0 Å². The van der Waals surface area contributed by atoms with Crippen LogP contribution in [-0.2, 0) is 14.8 Å². The van der Waals surface area contributed by atoms with Crippen molar-refractivity contribution in [3.05, 3.63) is 11.7 Å². The van der Waals surface area contributed by atoms with Gasteiger partial charge in [0.05, 0.1) is 6.10 Å². The summed E-state index contributed by atoms with van der Waals surface area (Å²) in [5, 5.41) is 5.97. The summed E-state index contributed by atoms with van der Waals surface area (Å²) in [7, 11) is -3.52. The largest absolute Gasteiger partial charge is 0.377 e. The second-order valence-electron chi connectivity index (χ2n) is 6.92. The second-order valence-corrected chi connectivity index (χ2v) is 9.03. The maximum absolute atomic E-state index is 13.0. The van der Waals surface area contributed by atoms with Gasteiger partial charge in [-0.25, -0.2) is 8.42 Å². The highest BCUT2D eigenvalue weighted by molar-refractivity contribution is 7.89. The quantitative estimate of drug-likeness (QED) is 0.807. The first-order valence-corrected chi connectivity index (χ1v) is 10.2. The van der Waals surface area contributed by atoms with Crippen molar-refractivity contribution in [3.8, 4) is 0 Å². The summed E-state index contributed by atoms with van der Waals surface area (Å²) < 4.78 is 38.1. The zero-order chi connectivity index (χ0) is 17.6. The number of ether oxygens (including phenoxy) is 1. The number of amides is 1. The normalized spacial score (nSPS) is 30.7. The van der Waals surface area contributed by atoms with Gasteiger partial charge in [-0.3, -0.25) is 4.79 Å². The molecule has 1 aliphatic carbocycles. The Bertz CT molecular complexity index is 760. The lowest BCUT2D eigenvalue weighted by molar-refractivity contribution is 0.0937. The summed E-state index contributed by atoms with van der Waals surface area (Å²) in [4.78, 5) is 16.2. The third-order valence-electron chi connectivity index (χ3n) is 5.06. The standard InChI is InChI=1S/C15H22N4O5S/c1-9-12(6-8-23-9)25(21,22)19-7-2-3-11(19)15-17-13(18-24-15)14(20)16-10-4-5-10/h9-12H,2-8H2,1H3,(H,16,20). The molecule has 0 aromatic carbocycles. The molecule has 1 saturated carbocycles. The van der Waals surface area contributed by atoms with Crippen molar-refractivity contribution in [2.24, 2.45) is 0 Å². The van der Waals surface area contributed by atoms with Crippen molar-refractivity contribution in [2.45, 2.75) is 62.5 Å². The van der Waals surface area contributed by atoms with Crippen molar-refractivity contribution in [2.75, 3.05) is 13.2 Å².